The average molecular weight is 191 g/mol. The second kappa shape index (κ2) is 6.97. The van der Waals surface area contributed by atoms with Gasteiger partial charge in [-0.05, 0) is 18.4 Å². The summed E-state index contributed by atoms with van der Waals surface area (Å²) in [5, 5.41) is 10.5. The van der Waals surface area contributed by atoms with Crippen molar-refractivity contribution in [1.82, 2.24) is 5.32 Å². The molecule has 0 aliphatic heterocycles. The molecule has 0 heterocycles. The lowest BCUT2D eigenvalue weighted by Gasteiger charge is -2.00. The van der Waals surface area contributed by atoms with Gasteiger partial charge in [0, 0.05) is 6.42 Å². The number of nitrogens with one attached hydrogen (secondary N) is 1. The Kier molecular flexibility index (Phi) is 6.55. The van der Waals surface area contributed by atoms with Crippen molar-refractivity contribution in [3.8, 4) is 0 Å². The lowest BCUT2D eigenvalue weighted by atomic mass is 10.3. The van der Waals surface area contributed by atoms with Gasteiger partial charge >= 0.3 is 5.97 Å². The molecule has 12 heavy (non-hydrogen) atoms. The Morgan fingerprint density at radius 1 is 1.50 bits per heavy atom. The summed E-state index contributed by atoms with van der Waals surface area (Å²) in [6.07, 6.45) is 3.18. The summed E-state index contributed by atoms with van der Waals surface area (Å²) in [7, 11) is 0. The summed E-state index contributed by atoms with van der Waals surface area (Å²) in [5.41, 5.74) is 0. The molecule has 0 aromatic carbocycles. The third kappa shape index (κ3) is 7.40. The first-order valence-corrected chi connectivity index (χ1v) is 5.03. The lowest BCUT2D eigenvalue weighted by molar-refractivity contribution is -0.137. The van der Waals surface area contributed by atoms with Gasteiger partial charge in [0.2, 0.25) is 5.91 Å². The van der Waals surface area contributed by atoms with Gasteiger partial charge in [0.05, 0.1) is 0 Å². The van der Waals surface area contributed by atoms with E-state index >= 15 is 0 Å². The van der Waals surface area contributed by atoms with E-state index in [1.807, 2.05) is 6.26 Å². The zero-order valence-electron chi connectivity index (χ0n) is 7.00. The Morgan fingerprint density at radius 3 is 2.67 bits per heavy atom. The Hall–Kier alpha value is -0.710. The molecular formula is C7H13NO3S. The Labute approximate surface area is 75.7 Å². The van der Waals surface area contributed by atoms with Crippen LogP contribution in [0.15, 0.2) is 0 Å². The summed E-state index contributed by atoms with van der Waals surface area (Å²) in [6.45, 7) is -0.280. The number of amides is 1. The number of aliphatic carboxylic acids is 1. The maximum atomic E-state index is 10.8. The van der Waals surface area contributed by atoms with Gasteiger partial charge in [0.1, 0.15) is 6.54 Å². The highest BCUT2D eigenvalue weighted by molar-refractivity contribution is 7.98. The largest absolute Gasteiger partial charge is 0.480 e. The number of carbonyl (C=O) groups is 2. The number of hydrogen-bond acceptors (Lipinski definition) is 3. The van der Waals surface area contributed by atoms with Gasteiger partial charge in [0.15, 0.2) is 0 Å². The maximum absolute atomic E-state index is 10.8. The fourth-order valence-corrected chi connectivity index (χ4v) is 1.07. The highest BCUT2D eigenvalue weighted by Gasteiger charge is 2.02. The maximum Gasteiger partial charge on any atom is 0.322 e. The van der Waals surface area contributed by atoms with Crippen molar-refractivity contribution >= 4 is 23.6 Å². The molecule has 2 N–H and O–H groups in total. The quantitative estimate of drug-likeness (QED) is 0.594. The molecule has 0 aliphatic carbocycles. The minimum Gasteiger partial charge on any atom is -0.480 e. The number of carbonyl (C=O) groups excluding carboxylic acids is 1. The van der Waals surface area contributed by atoms with Crippen LogP contribution in [-0.2, 0) is 9.59 Å². The van der Waals surface area contributed by atoms with Crippen LogP contribution in [0.25, 0.3) is 0 Å². The zero-order valence-corrected chi connectivity index (χ0v) is 7.82. The number of hydrogen-bond donors (Lipinski definition) is 2. The van der Waals surface area contributed by atoms with E-state index in [1.165, 1.54) is 0 Å². The fourth-order valence-electron chi connectivity index (χ4n) is 0.640. The molecule has 70 valence electrons. The van der Waals surface area contributed by atoms with Crippen LogP contribution in [0.5, 0.6) is 0 Å². The van der Waals surface area contributed by atoms with E-state index in [4.69, 9.17) is 5.11 Å². The molecule has 0 aliphatic rings. The summed E-state index contributed by atoms with van der Waals surface area (Å²) in [6, 6.07) is 0. The van der Waals surface area contributed by atoms with Crippen molar-refractivity contribution in [1.29, 1.82) is 0 Å². The van der Waals surface area contributed by atoms with Crippen LogP contribution in [0.3, 0.4) is 0 Å². The van der Waals surface area contributed by atoms with Gasteiger partial charge in [-0.15, -0.1) is 0 Å². The summed E-state index contributed by atoms with van der Waals surface area (Å²) < 4.78 is 0. The van der Waals surface area contributed by atoms with Gasteiger partial charge < -0.3 is 10.4 Å². The topological polar surface area (TPSA) is 66.4 Å². The molecule has 5 heteroatoms. The molecule has 0 bridgehead atoms. The van der Waals surface area contributed by atoms with Crippen LogP contribution in [0.1, 0.15) is 12.8 Å². The standard InChI is InChI=1S/C7H13NO3S/c1-12-4-2-3-6(9)8-5-7(10)11/h2-5H2,1H3,(H,8,9)(H,10,11). The second-order valence-corrected chi connectivity index (χ2v) is 3.25. The smallest absolute Gasteiger partial charge is 0.322 e. The van der Waals surface area contributed by atoms with Gasteiger partial charge in [0.25, 0.3) is 0 Å². The molecule has 0 rings (SSSR count). The molecule has 0 saturated heterocycles. The molecule has 0 spiro atoms. The van der Waals surface area contributed by atoms with Crippen molar-refractivity contribution in [2.75, 3.05) is 18.6 Å². The Balaban J connectivity index is 3.28. The normalized spacial score (nSPS) is 9.42. The number of carboxylic acid groups (broad SMARTS) is 1. The summed E-state index contributed by atoms with van der Waals surface area (Å²) in [4.78, 5) is 20.9. The monoisotopic (exact) mass is 191 g/mol. The van der Waals surface area contributed by atoms with E-state index in [1.54, 1.807) is 11.8 Å². The third-order valence-corrected chi connectivity index (χ3v) is 1.89. The first-order chi connectivity index (χ1) is 5.66. The van der Waals surface area contributed by atoms with Gasteiger partial charge in [-0.25, -0.2) is 0 Å². The predicted molar refractivity (Wildman–Crippen MR) is 48.3 cm³/mol. The van der Waals surface area contributed by atoms with E-state index in [9.17, 15) is 9.59 Å². The third-order valence-electron chi connectivity index (χ3n) is 1.19. The van der Waals surface area contributed by atoms with Crippen LogP contribution in [-0.4, -0.2) is 35.5 Å². The van der Waals surface area contributed by atoms with Crippen molar-refractivity contribution < 1.29 is 14.7 Å². The first-order valence-electron chi connectivity index (χ1n) is 3.64. The Bertz CT molecular complexity index is 161. The van der Waals surface area contributed by atoms with Gasteiger partial charge in [-0.3, -0.25) is 9.59 Å². The molecule has 0 saturated carbocycles. The Morgan fingerprint density at radius 2 is 2.17 bits per heavy atom. The highest BCUT2D eigenvalue weighted by atomic mass is 32.2. The van der Waals surface area contributed by atoms with Crippen LogP contribution < -0.4 is 5.32 Å². The SMILES string of the molecule is CSCCCC(=O)NCC(=O)O. The predicted octanol–water partition coefficient (Wildman–Crippen LogP) is 0.330. The molecule has 0 radical (unpaired) electrons. The van der Waals surface area contributed by atoms with Gasteiger partial charge in [-0.1, -0.05) is 0 Å². The minimum absolute atomic E-state index is 0.188. The zero-order chi connectivity index (χ0) is 9.40. The van der Waals surface area contributed by atoms with Crippen LogP contribution in [0.4, 0.5) is 0 Å². The van der Waals surface area contributed by atoms with Crippen LogP contribution in [0, 0.1) is 0 Å². The summed E-state index contributed by atoms with van der Waals surface area (Å²) >= 11 is 1.67. The van der Waals surface area contributed by atoms with Crippen molar-refractivity contribution in [2.45, 2.75) is 12.8 Å². The molecule has 0 aromatic heterocycles. The second-order valence-electron chi connectivity index (χ2n) is 2.27. The van der Waals surface area contributed by atoms with Crippen molar-refractivity contribution in [3.05, 3.63) is 0 Å². The molecular weight excluding hydrogens is 178 g/mol. The number of carboxylic acids is 1. The minimum atomic E-state index is -1.01. The van der Waals surface area contributed by atoms with Crippen molar-refractivity contribution in [2.24, 2.45) is 0 Å². The highest BCUT2D eigenvalue weighted by Crippen LogP contribution is 1.98. The number of thioether (sulfide) groups is 1. The van der Waals surface area contributed by atoms with E-state index in [0.29, 0.717) is 6.42 Å². The van der Waals surface area contributed by atoms with E-state index in [0.717, 1.165) is 12.2 Å². The summed E-state index contributed by atoms with van der Waals surface area (Å²) in [5.74, 6) is -0.264. The van der Waals surface area contributed by atoms with E-state index in [2.05, 4.69) is 5.32 Å². The van der Waals surface area contributed by atoms with Crippen LogP contribution in [0.2, 0.25) is 0 Å². The van der Waals surface area contributed by atoms with Crippen LogP contribution >= 0.6 is 11.8 Å². The molecule has 1 amide bonds. The lowest BCUT2D eigenvalue weighted by Crippen LogP contribution is -2.28. The fraction of sp³-hybridized carbons (Fsp3) is 0.714. The number of rotatable bonds is 6. The molecule has 0 atom stereocenters. The van der Waals surface area contributed by atoms with E-state index in [-0.39, 0.29) is 12.5 Å². The van der Waals surface area contributed by atoms with E-state index < -0.39 is 5.97 Å². The molecule has 0 unspecified atom stereocenters. The van der Waals surface area contributed by atoms with Crippen molar-refractivity contribution in [3.63, 3.8) is 0 Å². The molecule has 0 aromatic rings. The molecule has 0 fully saturated rings. The first kappa shape index (κ1) is 11.3. The average Bonchev–Trinajstić information content (AvgIpc) is 2.01. The molecule has 4 nitrogen and oxygen atoms in total. The van der Waals surface area contributed by atoms with Gasteiger partial charge in [-0.2, -0.15) is 11.8 Å².